The molecule has 1 aromatic carbocycles. The van der Waals surface area contributed by atoms with Crippen LogP contribution in [0.25, 0.3) is 0 Å². The van der Waals surface area contributed by atoms with E-state index in [4.69, 9.17) is 0 Å². The van der Waals surface area contributed by atoms with Gasteiger partial charge in [0.05, 0.1) is 11.8 Å². The van der Waals surface area contributed by atoms with Crippen molar-refractivity contribution in [3.8, 4) is 0 Å². The Kier molecular flexibility index (Phi) is 5.44. The Morgan fingerprint density at radius 3 is 2.30 bits per heavy atom. The number of carbonyl (C=O) groups is 3. The number of aryl methyl sites for hydroxylation is 1. The monoisotopic (exact) mass is 372 g/mol. The molecule has 1 N–H and O–H groups in total. The van der Waals surface area contributed by atoms with Crippen LogP contribution in [0.5, 0.6) is 0 Å². The molecule has 0 saturated carbocycles. The Hall–Kier alpha value is -2.50. The lowest BCUT2D eigenvalue weighted by Gasteiger charge is -2.27. The third-order valence-corrected chi connectivity index (χ3v) is 5.29. The van der Waals surface area contributed by atoms with Gasteiger partial charge < -0.3 is 5.32 Å². The highest BCUT2D eigenvalue weighted by molar-refractivity contribution is 6.10. The van der Waals surface area contributed by atoms with Crippen molar-refractivity contribution in [3.05, 3.63) is 41.7 Å². The van der Waals surface area contributed by atoms with E-state index in [-0.39, 0.29) is 29.6 Å². The molecule has 3 amide bonds. The molecule has 1 fully saturated rings. The summed E-state index contributed by atoms with van der Waals surface area (Å²) >= 11 is 0. The van der Waals surface area contributed by atoms with Gasteiger partial charge in [0, 0.05) is 5.69 Å². The molecular formula is C21H25FN2O3. The fraction of sp³-hybridized carbons (Fsp3) is 0.476. The number of rotatable bonds is 5. The summed E-state index contributed by atoms with van der Waals surface area (Å²) in [6.45, 7) is 5.51. The van der Waals surface area contributed by atoms with Crippen LogP contribution in [0.4, 0.5) is 10.1 Å². The van der Waals surface area contributed by atoms with E-state index in [1.54, 1.807) is 19.1 Å². The molecule has 3 rings (SSSR count). The van der Waals surface area contributed by atoms with Crippen molar-refractivity contribution >= 4 is 23.4 Å². The van der Waals surface area contributed by atoms with Gasteiger partial charge in [-0.2, -0.15) is 0 Å². The van der Waals surface area contributed by atoms with Crippen LogP contribution in [0.3, 0.4) is 0 Å². The summed E-state index contributed by atoms with van der Waals surface area (Å²) in [5.74, 6) is -2.06. The Morgan fingerprint density at radius 1 is 1.19 bits per heavy atom. The van der Waals surface area contributed by atoms with E-state index < -0.39 is 17.8 Å². The molecule has 0 bridgehead atoms. The number of hydrogen-bond acceptors (Lipinski definition) is 3. The summed E-state index contributed by atoms with van der Waals surface area (Å²) in [5, 5.41) is 2.67. The van der Waals surface area contributed by atoms with E-state index >= 15 is 0 Å². The minimum absolute atomic E-state index is 0.108. The second kappa shape index (κ2) is 7.62. The number of anilines is 1. The van der Waals surface area contributed by atoms with Crippen LogP contribution in [-0.2, 0) is 14.4 Å². The summed E-state index contributed by atoms with van der Waals surface area (Å²) in [5.41, 5.74) is 0.795. The van der Waals surface area contributed by atoms with Crippen molar-refractivity contribution in [3.63, 3.8) is 0 Å². The first kappa shape index (κ1) is 19.3. The van der Waals surface area contributed by atoms with Gasteiger partial charge in [0.25, 0.3) is 0 Å². The minimum atomic E-state index is -0.889. The third-order valence-electron chi connectivity index (χ3n) is 5.29. The van der Waals surface area contributed by atoms with Crippen molar-refractivity contribution in [2.75, 3.05) is 5.32 Å². The van der Waals surface area contributed by atoms with Crippen molar-refractivity contribution < 1.29 is 18.8 Å². The highest BCUT2D eigenvalue weighted by Crippen LogP contribution is 2.37. The first-order valence-electron chi connectivity index (χ1n) is 9.38. The van der Waals surface area contributed by atoms with Gasteiger partial charge in [-0.3, -0.25) is 19.3 Å². The van der Waals surface area contributed by atoms with Gasteiger partial charge in [-0.1, -0.05) is 32.1 Å². The number of nitrogens with one attached hydrogen (secondary N) is 1. The predicted molar refractivity (Wildman–Crippen MR) is 100 cm³/mol. The molecule has 1 saturated heterocycles. The molecule has 0 radical (unpaired) electrons. The zero-order valence-electron chi connectivity index (χ0n) is 15.9. The number of carbonyl (C=O) groups excluding carboxylic acids is 3. The first-order chi connectivity index (χ1) is 12.8. The van der Waals surface area contributed by atoms with Crippen molar-refractivity contribution in [2.24, 2.45) is 17.8 Å². The quantitative estimate of drug-likeness (QED) is 0.636. The summed E-state index contributed by atoms with van der Waals surface area (Å²) in [4.78, 5) is 39.8. The number of benzene rings is 1. The number of allylic oxidation sites excluding steroid dienone is 2. The molecule has 2 aliphatic rings. The zero-order chi connectivity index (χ0) is 19.7. The number of nitrogens with zero attached hydrogens (tertiary/aromatic N) is 1. The van der Waals surface area contributed by atoms with Crippen LogP contribution in [0.2, 0.25) is 0 Å². The zero-order valence-corrected chi connectivity index (χ0v) is 15.9. The molecule has 6 heteroatoms. The molecule has 1 aromatic rings. The average molecular weight is 372 g/mol. The van der Waals surface area contributed by atoms with Crippen LogP contribution in [0, 0.1) is 30.5 Å². The maximum Gasteiger partial charge on any atom is 0.247 e. The van der Waals surface area contributed by atoms with Gasteiger partial charge >= 0.3 is 0 Å². The SMILES string of the molecule is Cc1ccc(NC(=O)C(CC(C)C)N2C(=O)C3CC=CCC3C2=O)cc1F. The molecule has 1 aliphatic carbocycles. The topological polar surface area (TPSA) is 66.5 Å². The van der Waals surface area contributed by atoms with Crippen molar-refractivity contribution in [2.45, 2.75) is 46.1 Å². The fourth-order valence-corrected chi connectivity index (χ4v) is 3.81. The maximum absolute atomic E-state index is 13.8. The van der Waals surface area contributed by atoms with Gasteiger partial charge in [-0.25, -0.2) is 4.39 Å². The number of halogens is 1. The Labute approximate surface area is 158 Å². The normalized spacial score (nSPS) is 22.9. The molecular weight excluding hydrogens is 347 g/mol. The van der Waals surface area contributed by atoms with Crippen LogP contribution >= 0.6 is 0 Å². The van der Waals surface area contributed by atoms with Crippen LogP contribution in [0.15, 0.2) is 30.4 Å². The van der Waals surface area contributed by atoms with Crippen molar-refractivity contribution in [1.82, 2.24) is 4.90 Å². The highest BCUT2D eigenvalue weighted by atomic mass is 19.1. The van der Waals surface area contributed by atoms with Gasteiger partial charge in [0.1, 0.15) is 11.9 Å². The number of likely N-dealkylation sites (tertiary alicyclic amines) is 1. The Bertz CT molecular complexity index is 777. The lowest BCUT2D eigenvalue weighted by atomic mass is 9.85. The van der Waals surface area contributed by atoms with Crippen LogP contribution < -0.4 is 5.32 Å². The van der Waals surface area contributed by atoms with Gasteiger partial charge in [0.15, 0.2) is 0 Å². The lowest BCUT2D eigenvalue weighted by molar-refractivity contribution is -0.147. The average Bonchev–Trinajstić information content (AvgIpc) is 2.87. The second-order valence-electron chi connectivity index (χ2n) is 7.80. The summed E-state index contributed by atoms with van der Waals surface area (Å²) in [6, 6.07) is 3.55. The fourth-order valence-electron chi connectivity index (χ4n) is 3.81. The van der Waals surface area contributed by atoms with E-state index in [1.165, 1.54) is 6.07 Å². The van der Waals surface area contributed by atoms with Gasteiger partial charge in [-0.05, 0) is 49.8 Å². The van der Waals surface area contributed by atoms with E-state index in [2.05, 4.69) is 5.32 Å². The van der Waals surface area contributed by atoms with Crippen molar-refractivity contribution in [1.29, 1.82) is 0 Å². The molecule has 3 atom stereocenters. The summed E-state index contributed by atoms with van der Waals surface area (Å²) in [7, 11) is 0. The third kappa shape index (κ3) is 3.80. The maximum atomic E-state index is 13.8. The summed E-state index contributed by atoms with van der Waals surface area (Å²) < 4.78 is 13.8. The standard InChI is InChI=1S/C21H25FN2O3/c1-12(2)10-18(19(25)23-14-9-8-13(3)17(22)11-14)24-20(26)15-6-4-5-7-16(15)21(24)27/h4-5,8-9,11-12,15-16,18H,6-7,10H2,1-3H3,(H,23,25). The molecule has 1 aliphatic heterocycles. The van der Waals surface area contributed by atoms with Crippen LogP contribution in [0.1, 0.15) is 38.7 Å². The molecule has 1 heterocycles. The predicted octanol–water partition coefficient (Wildman–Crippen LogP) is 3.44. The molecule has 5 nitrogen and oxygen atoms in total. The first-order valence-corrected chi connectivity index (χ1v) is 9.38. The number of fused-ring (bicyclic) bond motifs is 1. The summed E-state index contributed by atoms with van der Waals surface area (Å²) in [6.07, 6.45) is 5.27. The largest absolute Gasteiger partial charge is 0.324 e. The molecule has 3 unspecified atom stereocenters. The number of hydrogen-bond donors (Lipinski definition) is 1. The number of imide groups is 1. The van der Waals surface area contributed by atoms with Crippen LogP contribution in [-0.4, -0.2) is 28.7 Å². The lowest BCUT2D eigenvalue weighted by Crippen LogP contribution is -2.48. The van der Waals surface area contributed by atoms with E-state index in [1.807, 2.05) is 26.0 Å². The smallest absolute Gasteiger partial charge is 0.247 e. The molecule has 0 aromatic heterocycles. The molecule has 27 heavy (non-hydrogen) atoms. The van der Waals surface area contributed by atoms with Gasteiger partial charge in [-0.15, -0.1) is 0 Å². The van der Waals surface area contributed by atoms with E-state index in [0.717, 1.165) is 4.90 Å². The second-order valence-corrected chi connectivity index (χ2v) is 7.80. The van der Waals surface area contributed by atoms with E-state index in [0.29, 0.717) is 30.5 Å². The number of amides is 3. The molecule has 144 valence electrons. The molecule has 0 spiro atoms. The Morgan fingerprint density at radius 2 is 1.78 bits per heavy atom. The van der Waals surface area contributed by atoms with E-state index in [9.17, 15) is 18.8 Å². The highest BCUT2D eigenvalue weighted by Gasteiger charge is 2.51. The Balaban J connectivity index is 1.85. The van der Waals surface area contributed by atoms with Gasteiger partial charge in [0.2, 0.25) is 17.7 Å². The minimum Gasteiger partial charge on any atom is -0.324 e.